The third kappa shape index (κ3) is 2.82. The number of carbonyl (C=O) groups excluding carboxylic acids is 1. The number of hydrogen-bond acceptors (Lipinski definition) is 5. The second kappa shape index (κ2) is 5.87. The first kappa shape index (κ1) is 13.5. The lowest BCUT2D eigenvalue weighted by atomic mass is 10.1. The van der Waals surface area contributed by atoms with Crippen molar-refractivity contribution < 1.29 is 19.4 Å². The number of aryl methyl sites for hydroxylation is 1. The number of nitrogens with zero attached hydrogens (tertiary/aromatic N) is 1. The van der Waals surface area contributed by atoms with Gasteiger partial charge in [0.2, 0.25) is 5.91 Å². The van der Waals surface area contributed by atoms with Crippen LogP contribution in [0.4, 0.5) is 0 Å². The monoisotopic (exact) mass is 278 g/mol. The molecule has 3 heterocycles. The number of rotatable bonds is 4. The van der Waals surface area contributed by atoms with E-state index in [9.17, 15) is 9.90 Å². The first-order valence-electron chi connectivity index (χ1n) is 6.84. The van der Waals surface area contributed by atoms with Crippen LogP contribution in [0.15, 0.2) is 24.4 Å². The lowest BCUT2D eigenvalue weighted by molar-refractivity contribution is -0.122. The number of carbonyl (C=O) groups is 1. The largest absolute Gasteiger partial charge is 0.388 e. The Morgan fingerprint density at radius 2 is 2.20 bits per heavy atom. The highest BCUT2D eigenvalue weighted by Crippen LogP contribution is 2.26. The lowest BCUT2D eigenvalue weighted by Crippen LogP contribution is -2.44. The molecule has 1 aromatic rings. The number of aliphatic hydroxyl groups is 1. The minimum atomic E-state index is -0.588. The van der Waals surface area contributed by atoms with Gasteiger partial charge >= 0.3 is 0 Å². The number of aromatic nitrogens is 1. The van der Waals surface area contributed by atoms with E-state index in [1.807, 2.05) is 18.2 Å². The van der Waals surface area contributed by atoms with Gasteiger partial charge in [-0.3, -0.25) is 9.78 Å². The van der Waals surface area contributed by atoms with Crippen molar-refractivity contribution in [3.8, 4) is 0 Å². The van der Waals surface area contributed by atoms with Crippen LogP contribution in [-0.4, -0.2) is 53.6 Å². The molecule has 0 saturated carbocycles. The number of nitrogens with one attached hydrogen (secondary N) is 1. The summed E-state index contributed by atoms with van der Waals surface area (Å²) in [5.74, 6) is -0.0464. The Labute approximate surface area is 117 Å². The minimum Gasteiger partial charge on any atom is -0.388 e. The number of ether oxygens (including phenoxy) is 2. The first-order valence-corrected chi connectivity index (χ1v) is 6.84. The van der Waals surface area contributed by atoms with Gasteiger partial charge in [-0.25, -0.2) is 0 Å². The van der Waals surface area contributed by atoms with Gasteiger partial charge in [0.15, 0.2) is 0 Å². The number of amides is 1. The normalized spacial score (nSPS) is 32.0. The molecule has 2 aliphatic rings. The minimum absolute atomic E-state index is 0.0464. The highest BCUT2D eigenvalue weighted by atomic mass is 16.6. The van der Waals surface area contributed by atoms with E-state index in [1.54, 1.807) is 6.20 Å². The zero-order chi connectivity index (χ0) is 13.9. The Bertz CT molecular complexity index is 468. The van der Waals surface area contributed by atoms with Crippen LogP contribution in [0.25, 0.3) is 0 Å². The highest BCUT2D eigenvalue weighted by Gasteiger charge is 2.47. The maximum Gasteiger partial charge on any atom is 0.220 e. The van der Waals surface area contributed by atoms with Gasteiger partial charge in [0.25, 0.3) is 0 Å². The van der Waals surface area contributed by atoms with E-state index in [0.29, 0.717) is 19.4 Å². The second-order valence-corrected chi connectivity index (χ2v) is 5.16. The second-order valence-electron chi connectivity index (χ2n) is 5.16. The van der Waals surface area contributed by atoms with E-state index in [-0.39, 0.29) is 30.8 Å². The quantitative estimate of drug-likeness (QED) is 0.787. The maximum atomic E-state index is 11.9. The number of fused-ring (bicyclic) bond motifs is 1. The van der Waals surface area contributed by atoms with Gasteiger partial charge < -0.3 is 19.9 Å². The van der Waals surface area contributed by atoms with Crippen LogP contribution in [0.5, 0.6) is 0 Å². The molecule has 0 spiro atoms. The van der Waals surface area contributed by atoms with Crippen LogP contribution in [0, 0.1) is 0 Å². The van der Waals surface area contributed by atoms with Crippen molar-refractivity contribution in [1.29, 1.82) is 0 Å². The molecule has 2 N–H and O–H groups in total. The Hall–Kier alpha value is -1.50. The number of pyridine rings is 1. The molecule has 108 valence electrons. The Balaban J connectivity index is 1.48. The van der Waals surface area contributed by atoms with Crippen molar-refractivity contribution in [2.24, 2.45) is 0 Å². The van der Waals surface area contributed by atoms with Gasteiger partial charge in [0.05, 0.1) is 19.3 Å². The summed E-state index contributed by atoms with van der Waals surface area (Å²) in [7, 11) is 0. The van der Waals surface area contributed by atoms with Gasteiger partial charge in [-0.1, -0.05) is 6.07 Å². The van der Waals surface area contributed by atoms with Crippen LogP contribution in [0.2, 0.25) is 0 Å². The van der Waals surface area contributed by atoms with Gasteiger partial charge in [-0.15, -0.1) is 0 Å². The summed E-state index contributed by atoms with van der Waals surface area (Å²) in [5, 5.41) is 12.5. The van der Waals surface area contributed by atoms with E-state index < -0.39 is 6.10 Å². The fraction of sp³-hybridized carbons (Fsp3) is 0.571. The Morgan fingerprint density at radius 3 is 3.00 bits per heavy atom. The molecule has 4 atom stereocenters. The van der Waals surface area contributed by atoms with Crippen LogP contribution in [-0.2, 0) is 20.7 Å². The molecule has 6 nitrogen and oxygen atoms in total. The molecule has 2 aliphatic heterocycles. The van der Waals surface area contributed by atoms with Crippen molar-refractivity contribution in [2.75, 3.05) is 13.2 Å². The van der Waals surface area contributed by atoms with Crippen LogP contribution < -0.4 is 5.32 Å². The lowest BCUT2D eigenvalue weighted by Gasteiger charge is -2.17. The predicted octanol–water partition coefficient (Wildman–Crippen LogP) is -0.343. The van der Waals surface area contributed by atoms with E-state index in [1.165, 1.54) is 0 Å². The van der Waals surface area contributed by atoms with Crippen molar-refractivity contribution in [1.82, 2.24) is 10.3 Å². The summed E-state index contributed by atoms with van der Waals surface area (Å²) in [4.78, 5) is 16.1. The molecule has 0 radical (unpaired) electrons. The molecule has 1 amide bonds. The van der Waals surface area contributed by atoms with Gasteiger partial charge in [0.1, 0.15) is 18.3 Å². The van der Waals surface area contributed by atoms with Crippen LogP contribution in [0.3, 0.4) is 0 Å². The van der Waals surface area contributed by atoms with Gasteiger partial charge in [-0.05, 0) is 18.6 Å². The van der Waals surface area contributed by atoms with Crippen LogP contribution in [0.1, 0.15) is 12.1 Å². The van der Waals surface area contributed by atoms with Gasteiger partial charge in [0, 0.05) is 18.3 Å². The summed E-state index contributed by atoms with van der Waals surface area (Å²) < 4.78 is 10.9. The molecule has 3 rings (SSSR count). The number of aliphatic hydroxyl groups excluding tert-OH is 1. The smallest absolute Gasteiger partial charge is 0.220 e. The summed E-state index contributed by atoms with van der Waals surface area (Å²) >= 11 is 0. The summed E-state index contributed by atoms with van der Waals surface area (Å²) in [6.07, 6.45) is 1.58. The van der Waals surface area contributed by atoms with Crippen molar-refractivity contribution in [3.05, 3.63) is 30.1 Å². The third-order valence-electron chi connectivity index (χ3n) is 3.71. The van der Waals surface area contributed by atoms with Gasteiger partial charge in [-0.2, -0.15) is 0 Å². The fourth-order valence-corrected chi connectivity index (χ4v) is 2.67. The first-order chi connectivity index (χ1) is 9.74. The zero-order valence-electron chi connectivity index (χ0n) is 11.1. The third-order valence-corrected chi connectivity index (χ3v) is 3.71. The Kier molecular flexibility index (Phi) is 3.95. The molecular formula is C14H18N2O4. The summed E-state index contributed by atoms with van der Waals surface area (Å²) in [5.41, 5.74) is 0.899. The van der Waals surface area contributed by atoms with E-state index in [0.717, 1.165) is 5.69 Å². The molecule has 2 saturated heterocycles. The molecule has 0 aromatic carbocycles. The molecule has 0 aliphatic carbocycles. The molecular weight excluding hydrogens is 260 g/mol. The number of hydrogen-bond donors (Lipinski definition) is 2. The SMILES string of the molecule is O=C(CCc1ccccn1)N[C@H]1CO[C@H]2[C@@H]1OC[C@@H]2O. The predicted molar refractivity (Wildman–Crippen MR) is 70.0 cm³/mol. The molecule has 6 heteroatoms. The Morgan fingerprint density at radius 1 is 1.35 bits per heavy atom. The van der Waals surface area contributed by atoms with Crippen molar-refractivity contribution >= 4 is 5.91 Å². The van der Waals surface area contributed by atoms with Crippen molar-refractivity contribution in [3.63, 3.8) is 0 Å². The molecule has 0 bridgehead atoms. The van der Waals surface area contributed by atoms with Crippen LogP contribution >= 0.6 is 0 Å². The summed E-state index contributed by atoms with van der Waals surface area (Å²) in [6.45, 7) is 0.664. The highest BCUT2D eigenvalue weighted by molar-refractivity contribution is 5.76. The maximum absolute atomic E-state index is 11.9. The summed E-state index contributed by atoms with van der Waals surface area (Å²) in [6, 6.07) is 5.48. The molecule has 1 aromatic heterocycles. The zero-order valence-corrected chi connectivity index (χ0v) is 11.1. The van der Waals surface area contributed by atoms with Crippen molar-refractivity contribution in [2.45, 2.75) is 37.2 Å². The molecule has 2 fully saturated rings. The van der Waals surface area contributed by atoms with E-state index in [4.69, 9.17) is 9.47 Å². The average Bonchev–Trinajstić information content (AvgIpc) is 3.02. The van der Waals surface area contributed by atoms with E-state index >= 15 is 0 Å². The topological polar surface area (TPSA) is 80.7 Å². The molecule has 20 heavy (non-hydrogen) atoms. The average molecular weight is 278 g/mol. The fourth-order valence-electron chi connectivity index (χ4n) is 2.67. The molecule has 0 unspecified atom stereocenters. The standard InChI is InChI=1S/C14H18N2O4/c17-11-8-20-13-10(7-19-14(11)13)16-12(18)5-4-9-3-1-2-6-15-9/h1-3,6,10-11,13-14,17H,4-5,7-8H2,(H,16,18)/t10-,11-,13+,14+/m0/s1. The van der Waals surface area contributed by atoms with E-state index in [2.05, 4.69) is 10.3 Å².